The quantitative estimate of drug-likeness (QED) is 0.346. The van der Waals surface area contributed by atoms with Gasteiger partial charge in [-0.3, -0.25) is 9.10 Å². The molecule has 8 nitrogen and oxygen atoms in total. The van der Waals surface area contributed by atoms with E-state index in [1.54, 1.807) is 48.5 Å². The second-order valence-electron chi connectivity index (χ2n) is 7.38. The van der Waals surface area contributed by atoms with Gasteiger partial charge in [-0.25, -0.2) is 13.8 Å². The average Bonchev–Trinajstić information content (AvgIpc) is 2.81. The van der Waals surface area contributed by atoms with E-state index < -0.39 is 22.0 Å². The van der Waals surface area contributed by atoms with Crippen molar-refractivity contribution in [1.29, 1.82) is 0 Å². The van der Waals surface area contributed by atoms with Crippen molar-refractivity contribution in [2.45, 2.75) is 19.9 Å². The second-order valence-corrected chi connectivity index (χ2v) is 9.24. The van der Waals surface area contributed by atoms with Gasteiger partial charge in [-0.2, -0.15) is 5.10 Å². The SMILES string of the molecule is CCOc1ccc(/C=N\NC(=O)[C@H](C)N(c2ccc(Oc3ccccc3)cc2)S(C)(=O)=O)cc1. The van der Waals surface area contributed by atoms with Gasteiger partial charge < -0.3 is 9.47 Å². The summed E-state index contributed by atoms with van der Waals surface area (Å²) in [5, 5.41) is 3.95. The first-order chi connectivity index (χ1) is 16.3. The molecule has 0 unspecified atom stereocenters. The molecule has 0 aliphatic heterocycles. The summed E-state index contributed by atoms with van der Waals surface area (Å²) in [5.41, 5.74) is 3.49. The fraction of sp³-hybridized carbons (Fsp3) is 0.200. The minimum Gasteiger partial charge on any atom is -0.494 e. The number of anilines is 1. The van der Waals surface area contributed by atoms with Crippen molar-refractivity contribution in [1.82, 2.24) is 5.43 Å². The molecule has 3 rings (SSSR count). The van der Waals surface area contributed by atoms with Crippen LogP contribution in [0.4, 0.5) is 5.69 Å². The van der Waals surface area contributed by atoms with Crippen LogP contribution in [0.5, 0.6) is 17.2 Å². The van der Waals surface area contributed by atoms with Crippen LogP contribution in [0.1, 0.15) is 19.4 Å². The van der Waals surface area contributed by atoms with Gasteiger partial charge in [0.1, 0.15) is 23.3 Å². The fourth-order valence-corrected chi connectivity index (χ4v) is 4.35. The van der Waals surface area contributed by atoms with Crippen molar-refractivity contribution < 1.29 is 22.7 Å². The molecule has 0 heterocycles. The van der Waals surface area contributed by atoms with Gasteiger partial charge in [-0.1, -0.05) is 18.2 Å². The highest BCUT2D eigenvalue weighted by atomic mass is 32.2. The number of hydrogen-bond donors (Lipinski definition) is 1. The summed E-state index contributed by atoms with van der Waals surface area (Å²) >= 11 is 0. The van der Waals surface area contributed by atoms with E-state index in [0.717, 1.165) is 21.9 Å². The Labute approximate surface area is 199 Å². The monoisotopic (exact) mass is 481 g/mol. The van der Waals surface area contributed by atoms with Gasteiger partial charge in [0, 0.05) is 0 Å². The Kier molecular flexibility index (Phi) is 8.26. The van der Waals surface area contributed by atoms with Crippen LogP contribution >= 0.6 is 0 Å². The minimum absolute atomic E-state index is 0.334. The number of rotatable bonds is 10. The Hall–Kier alpha value is -3.85. The van der Waals surface area contributed by atoms with Crippen LogP contribution in [-0.2, 0) is 14.8 Å². The Balaban J connectivity index is 1.68. The molecule has 178 valence electrons. The van der Waals surface area contributed by atoms with Crippen molar-refractivity contribution in [2.75, 3.05) is 17.2 Å². The van der Waals surface area contributed by atoms with E-state index in [-0.39, 0.29) is 0 Å². The molecule has 0 radical (unpaired) electrons. The average molecular weight is 482 g/mol. The van der Waals surface area contributed by atoms with Gasteiger partial charge in [-0.05, 0) is 80.1 Å². The number of ether oxygens (including phenoxy) is 2. The predicted molar refractivity (Wildman–Crippen MR) is 133 cm³/mol. The number of sulfonamides is 1. The van der Waals surface area contributed by atoms with Gasteiger partial charge in [-0.15, -0.1) is 0 Å². The fourth-order valence-electron chi connectivity index (χ4n) is 3.18. The third-order valence-corrected chi connectivity index (χ3v) is 5.98. The molecule has 0 bridgehead atoms. The Bertz CT molecular complexity index is 1210. The lowest BCUT2D eigenvalue weighted by molar-refractivity contribution is -0.121. The highest BCUT2D eigenvalue weighted by Crippen LogP contribution is 2.26. The lowest BCUT2D eigenvalue weighted by atomic mass is 10.2. The second kappa shape index (κ2) is 11.3. The maximum absolute atomic E-state index is 12.7. The number of amides is 1. The lowest BCUT2D eigenvalue weighted by Gasteiger charge is -2.27. The van der Waals surface area contributed by atoms with E-state index in [4.69, 9.17) is 9.47 Å². The molecule has 3 aromatic rings. The van der Waals surface area contributed by atoms with E-state index in [9.17, 15) is 13.2 Å². The highest BCUT2D eigenvalue weighted by Gasteiger charge is 2.29. The van der Waals surface area contributed by atoms with Crippen molar-refractivity contribution >= 4 is 27.8 Å². The summed E-state index contributed by atoms with van der Waals surface area (Å²) in [5.74, 6) is 1.37. The summed E-state index contributed by atoms with van der Waals surface area (Å²) in [6.45, 7) is 3.97. The third-order valence-electron chi connectivity index (χ3n) is 4.74. The maximum atomic E-state index is 12.7. The number of carbonyl (C=O) groups excluding carboxylic acids is 1. The molecule has 0 saturated carbocycles. The van der Waals surface area contributed by atoms with E-state index in [1.165, 1.54) is 13.1 Å². The Morgan fingerprint density at radius 3 is 2.15 bits per heavy atom. The van der Waals surface area contributed by atoms with E-state index in [1.807, 2.05) is 37.3 Å². The van der Waals surface area contributed by atoms with Gasteiger partial charge in [0.15, 0.2) is 0 Å². The van der Waals surface area contributed by atoms with Crippen molar-refractivity contribution in [3.63, 3.8) is 0 Å². The summed E-state index contributed by atoms with van der Waals surface area (Å²) in [6.07, 6.45) is 2.52. The summed E-state index contributed by atoms with van der Waals surface area (Å²) in [7, 11) is -3.76. The van der Waals surface area contributed by atoms with Gasteiger partial charge >= 0.3 is 0 Å². The van der Waals surface area contributed by atoms with Crippen LogP contribution in [0.25, 0.3) is 0 Å². The van der Waals surface area contributed by atoms with Gasteiger partial charge in [0.2, 0.25) is 10.0 Å². The predicted octanol–water partition coefficient (Wildman–Crippen LogP) is 4.18. The van der Waals surface area contributed by atoms with Crippen LogP contribution in [0.2, 0.25) is 0 Å². The first-order valence-electron chi connectivity index (χ1n) is 10.7. The van der Waals surface area contributed by atoms with Crippen LogP contribution in [-0.4, -0.2) is 39.4 Å². The molecule has 0 aliphatic rings. The van der Waals surface area contributed by atoms with E-state index in [2.05, 4.69) is 10.5 Å². The molecule has 9 heteroatoms. The van der Waals surface area contributed by atoms with E-state index in [0.29, 0.717) is 23.8 Å². The van der Waals surface area contributed by atoms with Gasteiger partial charge in [0.25, 0.3) is 5.91 Å². The third kappa shape index (κ3) is 6.82. The van der Waals surface area contributed by atoms with Crippen LogP contribution < -0.4 is 19.2 Å². The highest BCUT2D eigenvalue weighted by molar-refractivity contribution is 7.92. The molecule has 1 amide bonds. The minimum atomic E-state index is -3.76. The Morgan fingerprint density at radius 2 is 1.56 bits per heavy atom. The maximum Gasteiger partial charge on any atom is 0.263 e. The summed E-state index contributed by atoms with van der Waals surface area (Å²) in [4.78, 5) is 12.7. The zero-order chi connectivity index (χ0) is 24.6. The molecule has 0 fully saturated rings. The topological polar surface area (TPSA) is 97.3 Å². The molecule has 0 aromatic heterocycles. The number of para-hydroxylation sites is 1. The zero-order valence-corrected chi connectivity index (χ0v) is 20.0. The van der Waals surface area contributed by atoms with Crippen LogP contribution in [0.15, 0.2) is 84.0 Å². The summed E-state index contributed by atoms with van der Waals surface area (Å²) in [6, 6.07) is 21.9. The molecule has 0 saturated heterocycles. The Morgan fingerprint density at radius 1 is 0.971 bits per heavy atom. The normalized spacial score (nSPS) is 12.2. The number of carbonyl (C=O) groups is 1. The molecule has 1 atom stereocenters. The zero-order valence-electron chi connectivity index (χ0n) is 19.2. The summed E-state index contributed by atoms with van der Waals surface area (Å²) < 4.78 is 37.2. The number of hydrogen-bond acceptors (Lipinski definition) is 6. The first kappa shape index (κ1) is 24.8. The molecule has 1 N–H and O–H groups in total. The first-order valence-corrected chi connectivity index (χ1v) is 12.5. The molecular formula is C25H27N3O5S. The van der Waals surface area contributed by atoms with E-state index >= 15 is 0 Å². The van der Waals surface area contributed by atoms with Crippen molar-refractivity contribution in [2.24, 2.45) is 5.10 Å². The molecule has 0 spiro atoms. The van der Waals surface area contributed by atoms with Crippen LogP contribution in [0, 0.1) is 0 Å². The number of hydrazone groups is 1. The van der Waals surface area contributed by atoms with Crippen molar-refractivity contribution in [3.05, 3.63) is 84.4 Å². The smallest absolute Gasteiger partial charge is 0.263 e. The van der Waals surface area contributed by atoms with Gasteiger partial charge in [0.05, 0.1) is 24.8 Å². The van der Waals surface area contributed by atoms with Crippen molar-refractivity contribution in [3.8, 4) is 17.2 Å². The number of nitrogens with zero attached hydrogens (tertiary/aromatic N) is 2. The largest absolute Gasteiger partial charge is 0.494 e. The number of nitrogens with one attached hydrogen (secondary N) is 1. The lowest BCUT2D eigenvalue weighted by Crippen LogP contribution is -2.46. The standard InChI is InChI=1S/C25H27N3O5S/c1-4-32-22-14-10-20(11-15-22)18-26-27-25(29)19(2)28(34(3,30)31)21-12-16-24(17-13-21)33-23-8-6-5-7-9-23/h5-19H,4H2,1-3H3,(H,27,29)/b26-18-/t19-/m0/s1. The van der Waals surface area contributed by atoms with Crippen LogP contribution in [0.3, 0.4) is 0 Å². The molecule has 0 aliphatic carbocycles. The molecule has 3 aromatic carbocycles. The molecule has 34 heavy (non-hydrogen) atoms. The number of benzene rings is 3. The molecular weight excluding hydrogens is 454 g/mol.